The molecule has 2 N–H and O–H groups in total. The highest BCUT2D eigenvalue weighted by Crippen LogP contribution is 2.41. The number of furan rings is 1. The summed E-state index contributed by atoms with van der Waals surface area (Å²) in [5.41, 5.74) is 1.94. The number of para-hydroxylation sites is 2. The Labute approximate surface area is 140 Å². The van der Waals surface area contributed by atoms with Crippen LogP contribution in [0.5, 0.6) is 0 Å². The second kappa shape index (κ2) is 6.15. The summed E-state index contributed by atoms with van der Waals surface area (Å²) in [6.45, 7) is 1.95. The van der Waals surface area contributed by atoms with Crippen LogP contribution < -0.4 is 5.32 Å². The summed E-state index contributed by atoms with van der Waals surface area (Å²) in [5, 5.41) is 3.00. The van der Waals surface area contributed by atoms with E-state index in [1.807, 2.05) is 43.3 Å². The third-order valence-electron chi connectivity index (χ3n) is 4.46. The van der Waals surface area contributed by atoms with E-state index in [4.69, 9.17) is 4.42 Å². The lowest BCUT2D eigenvalue weighted by molar-refractivity contribution is -0.121. The fourth-order valence-corrected chi connectivity index (χ4v) is 2.93. The molecule has 4 rings (SSSR count). The predicted molar refractivity (Wildman–Crippen MR) is 91.7 cm³/mol. The second-order valence-electron chi connectivity index (χ2n) is 6.50. The molecule has 1 atom stereocenters. The lowest BCUT2D eigenvalue weighted by Crippen LogP contribution is -2.26. The molecule has 1 amide bonds. The number of nitrogens with zero attached hydrogens (tertiary/aromatic N) is 1. The van der Waals surface area contributed by atoms with Gasteiger partial charge < -0.3 is 14.7 Å². The SMILES string of the molecule is CC(NC(=O)CCc1nc2ccccc2[nH]1)c1ccc(C2CC2)o1. The number of benzene rings is 1. The van der Waals surface area contributed by atoms with E-state index in [-0.39, 0.29) is 11.9 Å². The summed E-state index contributed by atoms with van der Waals surface area (Å²) in [5.74, 6) is 3.32. The van der Waals surface area contributed by atoms with Crippen molar-refractivity contribution in [2.75, 3.05) is 0 Å². The Morgan fingerprint density at radius 2 is 2.17 bits per heavy atom. The highest BCUT2D eigenvalue weighted by molar-refractivity contribution is 5.77. The predicted octanol–water partition coefficient (Wildman–Crippen LogP) is 3.84. The molecular formula is C19H21N3O2. The van der Waals surface area contributed by atoms with Gasteiger partial charge in [-0.05, 0) is 44.0 Å². The molecule has 124 valence electrons. The fraction of sp³-hybridized carbons (Fsp3) is 0.368. The number of H-pyrrole nitrogens is 1. The maximum Gasteiger partial charge on any atom is 0.221 e. The van der Waals surface area contributed by atoms with Crippen molar-refractivity contribution in [2.45, 2.75) is 44.6 Å². The second-order valence-corrected chi connectivity index (χ2v) is 6.50. The van der Waals surface area contributed by atoms with Gasteiger partial charge in [0, 0.05) is 18.8 Å². The number of rotatable bonds is 6. The molecule has 1 saturated carbocycles. The molecule has 0 radical (unpaired) electrons. The third kappa shape index (κ3) is 3.20. The third-order valence-corrected chi connectivity index (χ3v) is 4.46. The van der Waals surface area contributed by atoms with Crippen molar-refractivity contribution in [3.05, 3.63) is 53.7 Å². The van der Waals surface area contributed by atoms with Gasteiger partial charge in [-0.3, -0.25) is 4.79 Å². The Kier molecular flexibility index (Phi) is 3.84. The maximum absolute atomic E-state index is 12.2. The summed E-state index contributed by atoms with van der Waals surface area (Å²) >= 11 is 0. The van der Waals surface area contributed by atoms with Crippen molar-refractivity contribution in [1.29, 1.82) is 0 Å². The molecule has 1 unspecified atom stereocenters. The van der Waals surface area contributed by atoms with Crippen LogP contribution in [-0.4, -0.2) is 15.9 Å². The molecule has 1 fully saturated rings. The first-order valence-electron chi connectivity index (χ1n) is 8.51. The van der Waals surface area contributed by atoms with Crippen LogP contribution >= 0.6 is 0 Å². The van der Waals surface area contributed by atoms with E-state index in [9.17, 15) is 4.79 Å². The van der Waals surface area contributed by atoms with Crippen molar-refractivity contribution >= 4 is 16.9 Å². The minimum absolute atomic E-state index is 0.00679. The number of aromatic nitrogens is 2. The highest BCUT2D eigenvalue weighted by atomic mass is 16.3. The van der Waals surface area contributed by atoms with E-state index >= 15 is 0 Å². The molecule has 24 heavy (non-hydrogen) atoms. The molecule has 1 aliphatic carbocycles. The molecule has 0 spiro atoms. The lowest BCUT2D eigenvalue weighted by Gasteiger charge is -2.11. The van der Waals surface area contributed by atoms with Crippen LogP contribution in [0.4, 0.5) is 0 Å². The first kappa shape index (κ1) is 15.0. The average Bonchev–Trinajstić information content (AvgIpc) is 3.16. The van der Waals surface area contributed by atoms with Gasteiger partial charge in [0.25, 0.3) is 0 Å². The van der Waals surface area contributed by atoms with Crippen LogP contribution in [0, 0.1) is 0 Å². The topological polar surface area (TPSA) is 70.9 Å². The van der Waals surface area contributed by atoms with E-state index in [0.717, 1.165) is 28.4 Å². The van der Waals surface area contributed by atoms with Crippen molar-refractivity contribution in [1.82, 2.24) is 15.3 Å². The Bertz CT molecular complexity index is 827. The first-order chi connectivity index (χ1) is 11.7. The quantitative estimate of drug-likeness (QED) is 0.724. The monoisotopic (exact) mass is 323 g/mol. The van der Waals surface area contributed by atoms with Gasteiger partial charge in [0.05, 0.1) is 17.1 Å². The van der Waals surface area contributed by atoms with Crippen LogP contribution in [0.2, 0.25) is 0 Å². The summed E-state index contributed by atoms with van der Waals surface area (Å²) in [4.78, 5) is 19.9. The molecule has 2 heterocycles. The number of hydrogen-bond acceptors (Lipinski definition) is 3. The first-order valence-corrected chi connectivity index (χ1v) is 8.51. The van der Waals surface area contributed by atoms with Crippen LogP contribution in [0.15, 0.2) is 40.8 Å². The maximum atomic E-state index is 12.2. The molecule has 5 heteroatoms. The summed E-state index contributed by atoms with van der Waals surface area (Å²) in [6.07, 6.45) is 3.43. The number of aryl methyl sites for hydroxylation is 1. The molecule has 3 aromatic rings. The summed E-state index contributed by atoms with van der Waals surface area (Å²) in [6, 6.07) is 11.8. The van der Waals surface area contributed by atoms with Gasteiger partial charge >= 0.3 is 0 Å². The summed E-state index contributed by atoms with van der Waals surface area (Å²) in [7, 11) is 0. The van der Waals surface area contributed by atoms with Crippen molar-refractivity contribution in [3.8, 4) is 0 Å². The zero-order valence-electron chi connectivity index (χ0n) is 13.7. The molecule has 1 aliphatic rings. The van der Waals surface area contributed by atoms with Gasteiger partial charge in [-0.1, -0.05) is 12.1 Å². The number of aromatic amines is 1. The Hall–Kier alpha value is -2.56. The van der Waals surface area contributed by atoms with E-state index in [1.54, 1.807) is 0 Å². The molecule has 1 aromatic carbocycles. The van der Waals surface area contributed by atoms with Gasteiger partial charge in [0.1, 0.15) is 17.3 Å². The normalized spacial score (nSPS) is 15.5. The van der Waals surface area contributed by atoms with Gasteiger partial charge in [-0.15, -0.1) is 0 Å². The van der Waals surface area contributed by atoms with Gasteiger partial charge in [0.2, 0.25) is 5.91 Å². The zero-order chi connectivity index (χ0) is 16.5. The number of fused-ring (bicyclic) bond motifs is 1. The van der Waals surface area contributed by atoms with Crippen LogP contribution in [0.3, 0.4) is 0 Å². The highest BCUT2D eigenvalue weighted by Gasteiger charge is 2.27. The zero-order valence-corrected chi connectivity index (χ0v) is 13.7. The average molecular weight is 323 g/mol. The summed E-state index contributed by atoms with van der Waals surface area (Å²) < 4.78 is 5.84. The van der Waals surface area contributed by atoms with Crippen LogP contribution in [-0.2, 0) is 11.2 Å². The lowest BCUT2D eigenvalue weighted by atomic mass is 10.2. The smallest absolute Gasteiger partial charge is 0.221 e. The van der Waals surface area contributed by atoms with Crippen molar-refractivity contribution < 1.29 is 9.21 Å². The van der Waals surface area contributed by atoms with Gasteiger partial charge in [-0.25, -0.2) is 4.98 Å². The van der Waals surface area contributed by atoms with E-state index in [0.29, 0.717) is 18.8 Å². The van der Waals surface area contributed by atoms with E-state index < -0.39 is 0 Å². The largest absolute Gasteiger partial charge is 0.464 e. The number of hydrogen-bond donors (Lipinski definition) is 2. The molecule has 0 bridgehead atoms. The standard InChI is InChI=1S/C19H21N3O2/c1-12(16-8-9-17(24-16)13-6-7-13)20-19(23)11-10-18-21-14-4-2-3-5-15(14)22-18/h2-5,8-9,12-13H,6-7,10-11H2,1H3,(H,20,23)(H,21,22). The minimum Gasteiger partial charge on any atom is -0.464 e. The number of carbonyl (C=O) groups excluding carboxylic acids is 1. The molecule has 5 nitrogen and oxygen atoms in total. The Balaban J connectivity index is 1.32. The molecule has 0 saturated heterocycles. The molecular weight excluding hydrogens is 302 g/mol. The Morgan fingerprint density at radius 1 is 1.33 bits per heavy atom. The molecule has 2 aromatic heterocycles. The number of imidazole rings is 1. The van der Waals surface area contributed by atoms with Gasteiger partial charge in [0.15, 0.2) is 0 Å². The van der Waals surface area contributed by atoms with E-state index in [1.165, 1.54) is 12.8 Å². The number of amides is 1. The fourth-order valence-electron chi connectivity index (χ4n) is 2.93. The minimum atomic E-state index is -0.110. The van der Waals surface area contributed by atoms with Gasteiger partial charge in [-0.2, -0.15) is 0 Å². The van der Waals surface area contributed by atoms with Crippen molar-refractivity contribution in [3.63, 3.8) is 0 Å². The van der Waals surface area contributed by atoms with Crippen LogP contribution in [0.1, 0.15) is 55.5 Å². The number of nitrogens with one attached hydrogen (secondary N) is 2. The Morgan fingerprint density at radius 3 is 2.96 bits per heavy atom. The number of carbonyl (C=O) groups is 1. The molecule has 0 aliphatic heterocycles. The van der Waals surface area contributed by atoms with Crippen molar-refractivity contribution in [2.24, 2.45) is 0 Å². The van der Waals surface area contributed by atoms with Crippen LogP contribution in [0.25, 0.3) is 11.0 Å². The van der Waals surface area contributed by atoms with E-state index in [2.05, 4.69) is 15.3 Å².